The monoisotopic (exact) mass is 130 g/mol. The zero-order valence-corrected chi connectivity index (χ0v) is 4.71. The fourth-order valence-electron chi connectivity index (χ4n) is 0.517. The molecule has 5 heteroatoms. The molecule has 0 aromatic rings. The number of rotatable bonds is 1. The van der Waals surface area contributed by atoms with E-state index in [4.69, 9.17) is 5.84 Å². The maximum absolute atomic E-state index is 12.2. The largest absolute Gasteiger partial charge is 0.321 e. The van der Waals surface area contributed by atoms with E-state index in [1.165, 1.54) is 12.4 Å². The molecule has 0 atom stereocenters. The van der Waals surface area contributed by atoms with Gasteiger partial charge in [0.1, 0.15) is 6.67 Å². The molecule has 0 unspecified atom stereocenters. The van der Waals surface area contributed by atoms with E-state index < -0.39 is 0 Å². The Labute approximate surface area is 51.8 Å². The Bertz CT molecular complexity index is 153. The van der Waals surface area contributed by atoms with Crippen molar-refractivity contribution in [3.05, 3.63) is 11.9 Å². The first-order chi connectivity index (χ1) is 4.33. The van der Waals surface area contributed by atoms with E-state index in [2.05, 4.69) is 10.4 Å². The Morgan fingerprint density at radius 1 is 1.89 bits per heavy atom. The molecule has 1 heterocycles. The van der Waals surface area contributed by atoms with Gasteiger partial charge in [0.15, 0.2) is 0 Å². The van der Waals surface area contributed by atoms with E-state index in [-0.39, 0.29) is 6.67 Å². The van der Waals surface area contributed by atoms with Crippen molar-refractivity contribution in [1.82, 2.24) is 10.5 Å². The highest BCUT2D eigenvalue weighted by molar-refractivity contribution is 5.77. The van der Waals surface area contributed by atoms with Gasteiger partial charge >= 0.3 is 0 Å². The number of hydrogen-bond acceptors (Lipinski definition) is 4. The average Bonchev–Trinajstić information content (AvgIpc) is 1.88. The molecule has 0 bridgehead atoms. The van der Waals surface area contributed by atoms with Gasteiger partial charge in [0.05, 0.1) is 11.9 Å². The maximum atomic E-state index is 12.2. The molecule has 0 saturated heterocycles. The number of halogens is 1. The summed E-state index contributed by atoms with van der Waals surface area (Å²) >= 11 is 0. The lowest BCUT2D eigenvalue weighted by Gasteiger charge is -2.11. The molecule has 0 fully saturated rings. The minimum Gasteiger partial charge on any atom is -0.321 e. The molecule has 3 N–H and O–H groups in total. The van der Waals surface area contributed by atoms with E-state index in [0.29, 0.717) is 10.8 Å². The van der Waals surface area contributed by atoms with Gasteiger partial charge in [0, 0.05) is 6.21 Å². The van der Waals surface area contributed by atoms with Gasteiger partial charge in [-0.2, -0.15) is 5.12 Å². The molecule has 0 spiro atoms. The standard InChI is InChI=1S/C4H7FN4/c5-9-2-4(8-6)1-7-3-9/h1-2,8H,3,6H2. The number of nitrogens with two attached hydrogens (primary N) is 1. The van der Waals surface area contributed by atoms with Crippen molar-refractivity contribution in [2.24, 2.45) is 10.8 Å². The highest BCUT2D eigenvalue weighted by Gasteiger charge is 2.01. The third kappa shape index (κ3) is 1.39. The lowest BCUT2D eigenvalue weighted by Crippen LogP contribution is -2.26. The van der Waals surface area contributed by atoms with Gasteiger partial charge in [0.25, 0.3) is 0 Å². The minimum absolute atomic E-state index is 0.0468. The highest BCUT2D eigenvalue weighted by Crippen LogP contribution is 1.98. The zero-order valence-electron chi connectivity index (χ0n) is 4.71. The first kappa shape index (κ1) is 6.03. The summed E-state index contributed by atoms with van der Waals surface area (Å²) in [4.78, 5) is 3.63. The molecule has 0 aromatic carbocycles. The Balaban J connectivity index is 2.59. The predicted octanol–water partition coefficient (Wildman–Crippen LogP) is -0.481. The van der Waals surface area contributed by atoms with Gasteiger partial charge in [-0.05, 0) is 0 Å². The molecule has 0 saturated carbocycles. The van der Waals surface area contributed by atoms with Crippen molar-refractivity contribution in [3.8, 4) is 0 Å². The summed E-state index contributed by atoms with van der Waals surface area (Å²) in [7, 11) is 0. The fourth-order valence-corrected chi connectivity index (χ4v) is 0.517. The summed E-state index contributed by atoms with van der Waals surface area (Å²) in [6.45, 7) is 0.0468. The second kappa shape index (κ2) is 2.45. The molecule has 0 radical (unpaired) electrons. The summed E-state index contributed by atoms with van der Waals surface area (Å²) in [6, 6.07) is 0. The van der Waals surface area contributed by atoms with Crippen molar-refractivity contribution in [2.75, 3.05) is 6.67 Å². The molecule has 1 aliphatic heterocycles. The van der Waals surface area contributed by atoms with Crippen LogP contribution in [-0.4, -0.2) is 18.0 Å². The molecule has 0 aromatic heterocycles. The van der Waals surface area contributed by atoms with Crippen molar-refractivity contribution >= 4 is 6.21 Å². The number of aliphatic imine (C=N–C) groups is 1. The summed E-state index contributed by atoms with van der Waals surface area (Å²) in [6.07, 6.45) is 2.70. The van der Waals surface area contributed by atoms with Gasteiger partial charge in [-0.3, -0.25) is 10.8 Å². The Morgan fingerprint density at radius 3 is 3.11 bits per heavy atom. The highest BCUT2D eigenvalue weighted by atomic mass is 19.2. The van der Waals surface area contributed by atoms with Gasteiger partial charge in [-0.1, -0.05) is 4.48 Å². The van der Waals surface area contributed by atoms with Gasteiger partial charge in [-0.15, -0.1) is 0 Å². The van der Waals surface area contributed by atoms with Crippen LogP contribution < -0.4 is 11.3 Å². The van der Waals surface area contributed by atoms with Gasteiger partial charge < -0.3 is 5.43 Å². The second-order valence-electron chi connectivity index (χ2n) is 1.58. The van der Waals surface area contributed by atoms with Crippen LogP contribution >= 0.6 is 0 Å². The van der Waals surface area contributed by atoms with Crippen LogP contribution in [0.25, 0.3) is 0 Å². The van der Waals surface area contributed by atoms with E-state index in [1.807, 2.05) is 0 Å². The van der Waals surface area contributed by atoms with Crippen LogP contribution in [0.15, 0.2) is 16.9 Å². The third-order valence-corrected chi connectivity index (χ3v) is 0.893. The van der Waals surface area contributed by atoms with Crippen molar-refractivity contribution in [1.29, 1.82) is 0 Å². The fraction of sp³-hybridized carbons (Fsp3) is 0.250. The molecule has 0 aliphatic carbocycles. The minimum atomic E-state index is 0.0468. The molecule has 4 nitrogen and oxygen atoms in total. The molecular weight excluding hydrogens is 123 g/mol. The Hall–Kier alpha value is -1.10. The van der Waals surface area contributed by atoms with E-state index >= 15 is 0 Å². The number of nitrogens with one attached hydrogen (secondary N) is 1. The van der Waals surface area contributed by atoms with Crippen LogP contribution in [0.3, 0.4) is 0 Å². The first-order valence-electron chi connectivity index (χ1n) is 2.43. The summed E-state index contributed by atoms with van der Waals surface area (Å²) in [5.74, 6) is 4.96. The lowest BCUT2D eigenvalue weighted by molar-refractivity contribution is 0.0910. The maximum Gasteiger partial charge on any atom is 0.140 e. The van der Waals surface area contributed by atoms with Crippen LogP contribution in [-0.2, 0) is 0 Å². The average molecular weight is 130 g/mol. The topological polar surface area (TPSA) is 53.6 Å². The van der Waals surface area contributed by atoms with Crippen molar-refractivity contribution in [2.45, 2.75) is 0 Å². The SMILES string of the molecule is NNC1=CN(F)CN=C1. The second-order valence-corrected chi connectivity index (χ2v) is 1.58. The zero-order chi connectivity index (χ0) is 6.69. The first-order valence-corrected chi connectivity index (χ1v) is 2.43. The lowest BCUT2D eigenvalue weighted by atomic mass is 10.5. The quantitative estimate of drug-likeness (QED) is 0.286. The van der Waals surface area contributed by atoms with Crippen LogP contribution in [0.2, 0.25) is 0 Å². The molecule has 50 valence electrons. The molecular formula is C4H7FN4. The smallest absolute Gasteiger partial charge is 0.140 e. The molecule has 9 heavy (non-hydrogen) atoms. The van der Waals surface area contributed by atoms with Crippen molar-refractivity contribution in [3.63, 3.8) is 0 Å². The van der Waals surface area contributed by atoms with Crippen LogP contribution in [0.1, 0.15) is 0 Å². The number of hydrogen-bond donors (Lipinski definition) is 2. The third-order valence-electron chi connectivity index (χ3n) is 0.893. The predicted molar refractivity (Wildman–Crippen MR) is 31.7 cm³/mol. The normalized spacial score (nSPS) is 17.6. The number of hydrazine groups is 1. The van der Waals surface area contributed by atoms with E-state index in [1.54, 1.807) is 0 Å². The van der Waals surface area contributed by atoms with Crippen LogP contribution in [0, 0.1) is 0 Å². The molecule has 0 amide bonds. The number of allylic oxidation sites excluding steroid dienone is 1. The summed E-state index contributed by atoms with van der Waals surface area (Å²) in [5.41, 5.74) is 2.73. The van der Waals surface area contributed by atoms with Crippen LogP contribution in [0.4, 0.5) is 4.48 Å². The van der Waals surface area contributed by atoms with Gasteiger partial charge in [0.2, 0.25) is 0 Å². The van der Waals surface area contributed by atoms with Crippen LogP contribution in [0.5, 0.6) is 0 Å². The van der Waals surface area contributed by atoms with E-state index in [0.717, 1.165) is 0 Å². The summed E-state index contributed by atoms with van der Waals surface area (Å²) in [5, 5.41) is 0.440. The van der Waals surface area contributed by atoms with Crippen molar-refractivity contribution < 1.29 is 4.48 Å². The summed E-state index contributed by atoms with van der Waals surface area (Å²) < 4.78 is 12.2. The number of nitrogens with zero attached hydrogens (tertiary/aromatic N) is 2. The van der Waals surface area contributed by atoms with E-state index in [9.17, 15) is 4.48 Å². The molecule has 1 rings (SSSR count). The Morgan fingerprint density at radius 2 is 2.67 bits per heavy atom. The molecule has 1 aliphatic rings. The van der Waals surface area contributed by atoms with Gasteiger partial charge in [-0.25, -0.2) is 0 Å². The Kier molecular flexibility index (Phi) is 1.64.